The topological polar surface area (TPSA) is 111 Å². The van der Waals surface area contributed by atoms with E-state index in [1.165, 1.54) is 22.7 Å². The lowest BCUT2D eigenvalue weighted by Gasteiger charge is -2.34. The minimum atomic E-state index is -3.68. The lowest BCUT2D eigenvalue weighted by atomic mass is 9.77. The van der Waals surface area contributed by atoms with E-state index in [9.17, 15) is 8.42 Å². The van der Waals surface area contributed by atoms with Crippen LogP contribution in [0.5, 0.6) is 0 Å². The number of nitrogens with zero attached hydrogens (tertiary/aromatic N) is 2. The van der Waals surface area contributed by atoms with Gasteiger partial charge in [-0.1, -0.05) is 11.2 Å². The molecule has 0 radical (unpaired) electrons. The van der Waals surface area contributed by atoms with Crippen LogP contribution in [0.3, 0.4) is 0 Å². The molecule has 0 aromatic carbocycles. The van der Waals surface area contributed by atoms with E-state index in [4.69, 9.17) is 10.3 Å². The number of thiophene rings is 2. The molecule has 3 heterocycles. The van der Waals surface area contributed by atoms with E-state index in [0.717, 1.165) is 24.1 Å². The van der Waals surface area contributed by atoms with Crippen molar-refractivity contribution < 1.29 is 12.9 Å². The third kappa shape index (κ3) is 3.57. The van der Waals surface area contributed by atoms with E-state index in [-0.39, 0.29) is 29.7 Å². The summed E-state index contributed by atoms with van der Waals surface area (Å²) in [5.74, 6) is 0.635. The Hall–Kier alpha value is -1.30. The van der Waals surface area contributed by atoms with Crippen molar-refractivity contribution in [1.82, 2.24) is 14.9 Å². The van der Waals surface area contributed by atoms with Gasteiger partial charge in [0.05, 0.1) is 5.54 Å². The minimum absolute atomic E-state index is 0. The predicted molar refractivity (Wildman–Crippen MR) is 103 cm³/mol. The van der Waals surface area contributed by atoms with Crippen molar-refractivity contribution in [2.24, 2.45) is 5.73 Å². The summed E-state index contributed by atoms with van der Waals surface area (Å²) in [4.78, 5) is 5.86. The molecule has 140 valence electrons. The fourth-order valence-corrected chi connectivity index (χ4v) is 5.70. The molecule has 1 aliphatic carbocycles. The normalized spacial score (nSPS) is 16.0. The molecule has 0 aliphatic heterocycles. The molecule has 1 fully saturated rings. The predicted octanol–water partition coefficient (Wildman–Crippen LogP) is 3.10. The first kappa shape index (κ1) is 19.5. The molecular weight excluding hydrogens is 416 g/mol. The standard InChI is InChI=1S/C15H16N4O3S3.ClH/c16-15(5-2-6-15)14-18-13(22-19-14)12-11(4-8-24-12)25(20,21)17-9-10-3-1-7-23-10;/h1,3-4,7-8,17H,2,5-6,9,16H2;1H. The molecule has 0 unspecified atom stereocenters. The second kappa shape index (κ2) is 7.37. The van der Waals surface area contributed by atoms with E-state index in [0.29, 0.717) is 10.7 Å². The van der Waals surface area contributed by atoms with Gasteiger partial charge in [0.15, 0.2) is 5.82 Å². The van der Waals surface area contributed by atoms with E-state index >= 15 is 0 Å². The number of hydrogen-bond acceptors (Lipinski definition) is 8. The van der Waals surface area contributed by atoms with Crippen LogP contribution in [0.25, 0.3) is 10.8 Å². The van der Waals surface area contributed by atoms with Crippen LogP contribution in [0.4, 0.5) is 0 Å². The lowest BCUT2D eigenvalue weighted by Crippen LogP contribution is -2.44. The Kier molecular flexibility index (Phi) is 5.52. The zero-order chi connectivity index (χ0) is 17.5. The zero-order valence-corrected chi connectivity index (χ0v) is 16.8. The highest BCUT2D eigenvalue weighted by Crippen LogP contribution is 2.39. The van der Waals surface area contributed by atoms with Crippen LogP contribution in [-0.2, 0) is 22.1 Å². The quantitative estimate of drug-likeness (QED) is 0.619. The Bertz CT molecular complexity index is 978. The molecular formula is C15H17ClN4O3S3. The van der Waals surface area contributed by atoms with Crippen molar-refractivity contribution in [2.45, 2.75) is 36.2 Å². The van der Waals surface area contributed by atoms with Crippen LogP contribution in [0.15, 0.2) is 38.4 Å². The number of rotatable bonds is 6. The molecule has 4 rings (SSSR count). The monoisotopic (exact) mass is 432 g/mol. The fraction of sp³-hybridized carbons (Fsp3) is 0.333. The summed E-state index contributed by atoms with van der Waals surface area (Å²) in [5, 5.41) is 7.56. The third-order valence-electron chi connectivity index (χ3n) is 4.25. The van der Waals surface area contributed by atoms with Crippen molar-refractivity contribution in [3.8, 4) is 10.8 Å². The fourth-order valence-electron chi connectivity index (χ4n) is 2.62. The Morgan fingerprint density at radius 3 is 2.73 bits per heavy atom. The smallest absolute Gasteiger partial charge is 0.269 e. The molecule has 26 heavy (non-hydrogen) atoms. The Labute approximate surface area is 165 Å². The highest BCUT2D eigenvalue weighted by Gasteiger charge is 2.39. The van der Waals surface area contributed by atoms with Gasteiger partial charge in [-0.15, -0.1) is 35.1 Å². The molecule has 0 spiro atoms. The van der Waals surface area contributed by atoms with Crippen LogP contribution >= 0.6 is 35.1 Å². The molecule has 0 bridgehead atoms. The molecule has 1 aliphatic rings. The van der Waals surface area contributed by atoms with E-state index in [1.807, 2.05) is 17.5 Å². The second-order valence-corrected chi connectivity index (χ2v) is 9.63. The summed E-state index contributed by atoms with van der Waals surface area (Å²) >= 11 is 2.75. The summed E-state index contributed by atoms with van der Waals surface area (Å²) in [6.45, 7) is 0.246. The Morgan fingerprint density at radius 1 is 1.27 bits per heavy atom. The van der Waals surface area contributed by atoms with Crippen LogP contribution < -0.4 is 10.5 Å². The summed E-state index contributed by atoms with van der Waals surface area (Å²) in [6, 6.07) is 5.31. The Balaban J connectivity index is 0.00000196. The van der Waals surface area contributed by atoms with Crippen molar-refractivity contribution >= 4 is 45.1 Å². The number of hydrogen-bond donors (Lipinski definition) is 2. The van der Waals surface area contributed by atoms with Crippen LogP contribution in [-0.4, -0.2) is 18.6 Å². The van der Waals surface area contributed by atoms with Crippen LogP contribution in [0.2, 0.25) is 0 Å². The first-order chi connectivity index (χ1) is 12.0. The number of halogens is 1. The lowest BCUT2D eigenvalue weighted by molar-refractivity contribution is 0.229. The van der Waals surface area contributed by atoms with E-state index in [1.54, 1.807) is 11.4 Å². The minimum Gasteiger partial charge on any atom is -0.333 e. The summed E-state index contributed by atoms with van der Waals surface area (Å²) in [6.07, 6.45) is 2.65. The number of aromatic nitrogens is 2. The maximum Gasteiger partial charge on any atom is 0.269 e. The molecule has 1 saturated carbocycles. The summed E-state index contributed by atoms with van der Waals surface area (Å²) in [5.41, 5.74) is 5.66. The Morgan fingerprint density at radius 2 is 2.08 bits per heavy atom. The van der Waals surface area contributed by atoms with E-state index in [2.05, 4.69) is 14.9 Å². The molecule has 0 amide bonds. The highest BCUT2D eigenvalue weighted by molar-refractivity contribution is 7.89. The zero-order valence-electron chi connectivity index (χ0n) is 13.5. The maximum absolute atomic E-state index is 12.6. The average molecular weight is 433 g/mol. The maximum atomic E-state index is 12.6. The SMILES string of the molecule is Cl.NC1(c2noc(-c3sccc3S(=O)(=O)NCc3cccs3)n2)CCC1. The van der Waals surface area contributed by atoms with Crippen molar-refractivity contribution in [2.75, 3.05) is 0 Å². The summed E-state index contributed by atoms with van der Waals surface area (Å²) in [7, 11) is -3.68. The molecule has 3 aromatic heterocycles. The van der Waals surface area contributed by atoms with Gasteiger partial charge in [0.2, 0.25) is 10.0 Å². The largest absolute Gasteiger partial charge is 0.333 e. The first-order valence-electron chi connectivity index (χ1n) is 7.71. The third-order valence-corrected chi connectivity index (χ3v) is 7.60. The summed E-state index contributed by atoms with van der Waals surface area (Å²) < 4.78 is 33.2. The van der Waals surface area contributed by atoms with Gasteiger partial charge < -0.3 is 10.3 Å². The first-order valence-corrected chi connectivity index (χ1v) is 11.0. The molecule has 11 heteroatoms. The van der Waals surface area contributed by atoms with Gasteiger partial charge in [0, 0.05) is 11.4 Å². The molecule has 7 nitrogen and oxygen atoms in total. The van der Waals surface area contributed by atoms with Gasteiger partial charge in [-0.3, -0.25) is 0 Å². The van der Waals surface area contributed by atoms with Gasteiger partial charge in [-0.05, 0) is 42.2 Å². The van der Waals surface area contributed by atoms with Crippen LogP contribution in [0.1, 0.15) is 30.0 Å². The second-order valence-electron chi connectivity index (χ2n) is 5.95. The number of sulfonamides is 1. The van der Waals surface area contributed by atoms with Gasteiger partial charge >= 0.3 is 0 Å². The van der Waals surface area contributed by atoms with Gasteiger partial charge in [-0.2, -0.15) is 4.98 Å². The van der Waals surface area contributed by atoms with Crippen molar-refractivity contribution in [3.63, 3.8) is 0 Å². The molecule has 0 saturated heterocycles. The highest BCUT2D eigenvalue weighted by atomic mass is 35.5. The van der Waals surface area contributed by atoms with Gasteiger partial charge in [0.1, 0.15) is 9.77 Å². The number of nitrogens with two attached hydrogens (primary N) is 1. The van der Waals surface area contributed by atoms with Crippen LogP contribution in [0, 0.1) is 0 Å². The average Bonchev–Trinajstić information content (AvgIpc) is 3.31. The number of nitrogens with one attached hydrogen (secondary N) is 1. The van der Waals surface area contributed by atoms with Gasteiger partial charge in [-0.25, -0.2) is 13.1 Å². The van der Waals surface area contributed by atoms with Crippen molar-refractivity contribution in [3.05, 3.63) is 39.7 Å². The molecule has 0 atom stereocenters. The molecule has 3 aromatic rings. The van der Waals surface area contributed by atoms with Crippen molar-refractivity contribution in [1.29, 1.82) is 0 Å². The van der Waals surface area contributed by atoms with Gasteiger partial charge in [0.25, 0.3) is 5.89 Å². The molecule has 3 N–H and O–H groups in total. The van der Waals surface area contributed by atoms with E-state index < -0.39 is 15.6 Å².